The number of rotatable bonds is 2. The first kappa shape index (κ1) is 15.0. The molecule has 2 heterocycles. The third kappa shape index (κ3) is 3.64. The van der Waals surface area contributed by atoms with Crippen molar-refractivity contribution in [3.63, 3.8) is 0 Å². The second kappa shape index (κ2) is 6.89. The van der Waals surface area contributed by atoms with Crippen molar-refractivity contribution in [1.82, 2.24) is 14.9 Å². The number of hydrogen-bond donors (Lipinski definition) is 1. The fourth-order valence-electron chi connectivity index (χ4n) is 2.30. The molecular weight excluding hydrogens is 318 g/mol. The first-order chi connectivity index (χ1) is 10.7. The van der Waals surface area contributed by atoms with Crippen molar-refractivity contribution in [2.45, 2.75) is 0 Å². The summed E-state index contributed by atoms with van der Waals surface area (Å²) in [5.74, 6) is 0.777. The van der Waals surface area contributed by atoms with Gasteiger partial charge in [-0.1, -0.05) is 11.6 Å². The number of aromatic nitrogens is 2. The number of thiocarbonyl (C=S) groups is 1. The smallest absolute Gasteiger partial charge is 0.225 e. The molecule has 0 amide bonds. The molecule has 0 atom stereocenters. The first-order valence-corrected chi connectivity index (χ1v) is 7.84. The highest BCUT2D eigenvalue weighted by molar-refractivity contribution is 7.80. The number of hydrogen-bond acceptors (Lipinski definition) is 4. The Hall–Kier alpha value is -1.92. The third-order valence-electron chi connectivity index (χ3n) is 3.50. The third-order valence-corrected chi connectivity index (χ3v) is 4.11. The van der Waals surface area contributed by atoms with Gasteiger partial charge in [-0.2, -0.15) is 0 Å². The lowest BCUT2D eigenvalue weighted by atomic mass is 10.3. The van der Waals surface area contributed by atoms with Gasteiger partial charge in [-0.15, -0.1) is 0 Å². The highest BCUT2D eigenvalue weighted by atomic mass is 35.5. The van der Waals surface area contributed by atoms with Crippen LogP contribution >= 0.6 is 23.8 Å². The SMILES string of the molecule is S=C(Nc1ccc(Cl)cc1)N1CCN(c2ncccn2)CC1. The largest absolute Gasteiger partial charge is 0.345 e. The van der Waals surface area contributed by atoms with Crippen LogP contribution < -0.4 is 10.2 Å². The van der Waals surface area contributed by atoms with Crippen LogP contribution in [0.3, 0.4) is 0 Å². The highest BCUT2D eigenvalue weighted by Gasteiger charge is 2.20. The van der Waals surface area contributed by atoms with Gasteiger partial charge in [0.05, 0.1) is 0 Å². The molecule has 2 aromatic rings. The second-order valence-electron chi connectivity index (χ2n) is 4.96. The number of nitrogens with zero attached hydrogens (tertiary/aromatic N) is 4. The molecule has 0 bridgehead atoms. The van der Waals surface area contributed by atoms with Gasteiger partial charge in [0.1, 0.15) is 0 Å². The minimum atomic E-state index is 0.716. The minimum absolute atomic E-state index is 0.716. The van der Waals surface area contributed by atoms with Crippen LogP contribution in [0.15, 0.2) is 42.7 Å². The summed E-state index contributed by atoms with van der Waals surface area (Å²) >= 11 is 11.4. The lowest BCUT2D eigenvalue weighted by molar-refractivity contribution is 0.388. The maximum Gasteiger partial charge on any atom is 0.225 e. The average Bonchev–Trinajstić information content (AvgIpc) is 2.58. The number of piperazine rings is 1. The van der Waals surface area contributed by atoms with Crippen molar-refractivity contribution < 1.29 is 0 Å². The van der Waals surface area contributed by atoms with E-state index in [9.17, 15) is 0 Å². The lowest BCUT2D eigenvalue weighted by Crippen LogP contribution is -2.50. The van der Waals surface area contributed by atoms with E-state index in [1.54, 1.807) is 12.4 Å². The molecule has 0 radical (unpaired) electrons. The molecule has 1 aliphatic rings. The van der Waals surface area contributed by atoms with Crippen LogP contribution in [0.1, 0.15) is 0 Å². The molecule has 1 aromatic carbocycles. The Bertz CT molecular complexity index is 626. The second-order valence-corrected chi connectivity index (χ2v) is 5.78. The van der Waals surface area contributed by atoms with E-state index in [1.807, 2.05) is 30.3 Å². The summed E-state index contributed by atoms with van der Waals surface area (Å²) in [5, 5.41) is 4.69. The highest BCUT2D eigenvalue weighted by Crippen LogP contribution is 2.15. The van der Waals surface area contributed by atoms with Gasteiger partial charge in [0.25, 0.3) is 0 Å². The van der Waals surface area contributed by atoms with Crippen LogP contribution in [0.2, 0.25) is 5.02 Å². The zero-order valence-electron chi connectivity index (χ0n) is 11.9. The Morgan fingerprint density at radius 3 is 2.32 bits per heavy atom. The van der Waals surface area contributed by atoms with Crippen LogP contribution in [0.5, 0.6) is 0 Å². The van der Waals surface area contributed by atoms with E-state index in [2.05, 4.69) is 25.1 Å². The molecule has 1 saturated heterocycles. The normalized spacial score (nSPS) is 14.8. The lowest BCUT2D eigenvalue weighted by Gasteiger charge is -2.36. The fourth-order valence-corrected chi connectivity index (χ4v) is 2.73. The number of anilines is 2. The standard InChI is InChI=1S/C15H16ClN5S/c16-12-2-4-13(5-3-12)19-15(22)21-10-8-20(9-11-21)14-17-6-1-7-18-14/h1-7H,8-11H2,(H,19,22). The molecule has 1 aromatic heterocycles. The van der Waals surface area contributed by atoms with Gasteiger partial charge < -0.3 is 15.1 Å². The van der Waals surface area contributed by atoms with Crippen molar-refractivity contribution in [2.75, 3.05) is 36.4 Å². The quantitative estimate of drug-likeness (QED) is 0.852. The van der Waals surface area contributed by atoms with Crippen molar-refractivity contribution >= 4 is 40.6 Å². The number of halogens is 1. The van der Waals surface area contributed by atoms with Gasteiger partial charge in [-0.3, -0.25) is 0 Å². The molecule has 0 unspecified atom stereocenters. The molecule has 0 aliphatic carbocycles. The van der Waals surface area contributed by atoms with Crippen molar-refractivity contribution in [2.24, 2.45) is 0 Å². The van der Waals surface area contributed by atoms with Crippen LogP contribution in [-0.4, -0.2) is 46.2 Å². The molecule has 1 aliphatic heterocycles. The van der Waals surface area contributed by atoms with Crippen LogP contribution in [-0.2, 0) is 0 Å². The van der Waals surface area contributed by atoms with Crippen LogP contribution in [0.25, 0.3) is 0 Å². The molecule has 3 rings (SSSR count). The zero-order chi connectivity index (χ0) is 15.4. The maximum atomic E-state index is 5.88. The van der Waals surface area contributed by atoms with Crippen molar-refractivity contribution in [3.8, 4) is 0 Å². The number of nitrogens with one attached hydrogen (secondary N) is 1. The Kier molecular flexibility index (Phi) is 4.70. The molecule has 7 heteroatoms. The monoisotopic (exact) mass is 333 g/mol. The molecular formula is C15H16ClN5S. The summed E-state index contributed by atoms with van der Waals surface area (Å²) in [4.78, 5) is 12.9. The van der Waals surface area contributed by atoms with E-state index in [4.69, 9.17) is 23.8 Å². The topological polar surface area (TPSA) is 44.3 Å². The summed E-state index contributed by atoms with van der Waals surface area (Å²) in [6, 6.07) is 9.35. The Labute approximate surface area is 139 Å². The van der Waals surface area contributed by atoms with Gasteiger partial charge in [0.15, 0.2) is 5.11 Å². The van der Waals surface area contributed by atoms with Crippen molar-refractivity contribution in [1.29, 1.82) is 0 Å². The molecule has 0 spiro atoms. The molecule has 1 N–H and O–H groups in total. The van der Waals surface area contributed by atoms with E-state index in [1.165, 1.54) is 0 Å². The summed E-state index contributed by atoms with van der Waals surface area (Å²) in [5.41, 5.74) is 0.947. The summed E-state index contributed by atoms with van der Waals surface area (Å²) in [6.45, 7) is 3.40. The van der Waals surface area contributed by atoms with Gasteiger partial charge >= 0.3 is 0 Å². The first-order valence-electron chi connectivity index (χ1n) is 7.06. The van der Waals surface area contributed by atoms with Gasteiger partial charge in [-0.25, -0.2) is 9.97 Å². The van der Waals surface area contributed by atoms with E-state index in [-0.39, 0.29) is 0 Å². The van der Waals surface area contributed by atoms with Crippen LogP contribution in [0, 0.1) is 0 Å². The van der Waals surface area contributed by atoms with E-state index >= 15 is 0 Å². The fraction of sp³-hybridized carbons (Fsp3) is 0.267. The average molecular weight is 334 g/mol. The number of benzene rings is 1. The predicted octanol–water partition coefficient (Wildman–Crippen LogP) is 2.65. The van der Waals surface area contributed by atoms with E-state index in [0.29, 0.717) is 5.02 Å². The molecule has 1 fully saturated rings. The Morgan fingerprint density at radius 1 is 1.05 bits per heavy atom. The maximum absolute atomic E-state index is 5.88. The van der Waals surface area contributed by atoms with Crippen LogP contribution in [0.4, 0.5) is 11.6 Å². The molecule has 0 saturated carbocycles. The predicted molar refractivity (Wildman–Crippen MR) is 93.5 cm³/mol. The van der Waals surface area contributed by atoms with Gasteiger partial charge in [0.2, 0.25) is 5.95 Å². The summed E-state index contributed by atoms with van der Waals surface area (Å²) in [6.07, 6.45) is 3.53. The van der Waals surface area contributed by atoms with E-state index < -0.39 is 0 Å². The van der Waals surface area contributed by atoms with Crippen molar-refractivity contribution in [3.05, 3.63) is 47.7 Å². The van der Waals surface area contributed by atoms with E-state index in [0.717, 1.165) is 42.9 Å². The van der Waals surface area contributed by atoms with Gasteiger partial charge in [-0.05, 0) is 42.5 Å². The van der Waals surface area contributed by atoms with Gasteiger partial charge in [0, 0.05) is 49.3 Å². The minimum Gasteiger partial charge on any atom is -0.345 e. The summed E-state index contributed by atoms with van der Waals surface area (Å²) in [7, 11) is 0. The Morgan fingerprint density at radius 2 is 1.68 bits per heavy atom. The molecule has 5 nitrogen and oxygen atoms in total. The summed E-state index contributed by atoms with van der Waals surface area (Å²) < 4.78 is 0. The zero-order valence-corrected chi connectivity index (χ0v) is 13.5. The Balaban J connectivity index is 1.54. The molecule has 114 valence electrons. The molecule has 22 heavy (non-hydrogen) atoms.